The van der Waals surface area contributed by atoms with Gasteiger partial charge in [0.2, 0.25) is 5.91 Å². The minimum absolute atomic E-state index is 0.137. The molecule has 0 aromatic carbocycles. The van der Waals surface area contributed by atoms with Gasteiger partial charge in [0.05, 0.1) is 0 Å². The number of nitrogen functional groups attached to an aromatic ring is 1. The highest BCUT2D eigenvalue weighted by Crippen LogP contribution is 1.96. The van der Waals surface area contributed by atoms with Gasteiger partial charge in [0, 0.05) is 20.0 Å². The Morgan fingerprint density at radius 2 is 1.94 bits per heavy atom. The minimum Gasteiger partial charge on any atom is -0.382 e. The van der Waals surface area contributed by atoms with Gasteiger partial charge in [-0.05, 0) is 12.1 Å². The van der Waals surface area contributed by atoms with Gasteiger partial charge in [0.1, 0.15) is 5.82 Å². The fourth-order valence-electron chi connectivity index (χ4n) is 0.969. The van der Waals surface area contributed by atoms with E-state index in [9.17, 15) is 9.59 Å². The number of nitrogens with one attached hydrogen (secondary N) is 2. The Morgan fingerprint density at radius 1 is 1.25 bits per heavy atom. The summed E-state index contributed by atoms with van der Waals surface area (Å²) in [5.74, 6) is -0.228. The second kappa shape index (κ2) is 5.64. The Morgan fingerprint density at radius 3 is 2.50 bits per heavy atom. The lowest BCUT2D eigenvalue weighted by molar-refractivity contribution is -0.118. The number of carbonyl (C=O) groups excluding carboxylic acids is 2. The molecule has 0 saturated carbocycles. The molecule has 0 aliphatic rings. The van der Waals surface area contributed by atoms with E-state index in [0.717, 1.165) is 0 Å². The molecule has 0 spiro atoms. The van der Waals surface area contributed by atoms with E-state index in [1.807, 2.05) is 0 Å². The van der Waals surface area contributed by atoms with Gasteiger partial charge < -0.3 is 16.4 Å². The summed E-state index contributed by atoms with van der Waals surface area (Å²) < 4.78 is 0. The fraction of sp³-hybridized carbons (Fsp3) is 0.333. The van der Waals surface area contributed by atoms with Gasteiger partial charge in [-0.1, -0.05) is 0 Å². The molecule has 7 heteroatoms. The van der Waals surface area contributed by atoms with E-state index in [1.165, 1.54) is 19.1 Å². The van der Waals surface area contributed by atoms with Crippen LogP contribution in [0.3, 0.4) is 0 Å². The second-order valence-electron chi connectivity index (χ2n) is 3.08. The largest absolute Gasteiger partial charge is 0.382 e. The molecule has 1 aromatic rings. The molecule has 16 heavy (non-hydrogen) atoms. The van der Waals surface area contributed by atoms with E-state index in [2.05, 4.69) is 20.8 Å². The zero-order chi connectivity index (χ0) is 12.0. The normalized spacial score (nSPS) is 9.56. The van der Waals surface area contributed by atoms with E-state index < -0.39 is 0 Å². The van der Waals surface area contributed by atoms with E-state index in [4.69, 9.17) is 5.73 Å². The highest BCUT2D eigenvalue weighted by atomic mass is 16.2. The summed E-state index contributed by atoms with van der Waals surface area (Å²) in [6.45, 7) is 2.13. The number of nitrogens with two attached hydrogens (primary N) is 1. The van der Waals surface area contributed by atoms with Gasteiger partial charge in [-0.3, -0.25) is 9.59 Å². The van der Waals surface area contributed by atoms with Crippen LogP contribution in [0.25, 0.3) is 0 Å². The first-order valence-electron chi connectivity index (χ1n) is 4.71. The number of hydrogen-bond acceptors (Lipinski definition) is 5. The van der Waals surface area contributed by atoms with E-state index in [-0.39, 0.29) is 23.3 Å². The highest BCUT2D eigenvalue weighted by molar-refractivity contribution is 5.92. The molecule has 0 radical (unpaired) electrons. The molecule has 0 fully saturated rings. The first-order chi connectivity index (χ1) is 7.59. The third kappa shape index (κ3) is 3.91. The first-order valence-corrected chi connectivity index (χ1v) is 4.71. The predicted molar refractivity (Wildman–Crippen MR) is 57.5 cm³/mol. The Balaban J connectivity index is 2.35. The predicted octanol–water partition coefficient (Wildman–Crippen LogP) is -1.08. The Kier molecular flexibility index (Phi) is 4.19. The van der Waals surface area contributed by atoms with Crippen molar-refractivity contribution in [2.45, 2.75) is 6.92 Å². The van der Waals surface area contributed by atoms with Crippen LogP contribution in [0.2, 0.25) is 0 Å². The van der Waals surface area contributed by atoms with Crippen LogP contribution >= 0.6 is 0 Å². The van der Waals surface area contributed by atoms with Gasteiger partial charge >= 0.3 is 0 Å². The van der Waals surface area contributed by atoms with Crippen LogP contribution in [0, 0.1) is 0 Å². The Labute approximate surface area is 92.4 Å². The van der Waals surface area contributed by atoms with E-state index in [1.54, 1.807) is 0 Å². The molecule has 7 nitrogen and oxygen atoms in total. The molecule has 2 amide bonds. The van der Waals surface area contributed by atoms with Gasteiger partial charge in [0.25, 0.3) is 5.91 Å². The van der Waals surface area contributed by atoms with Crippen molar-refractivity contribution < 1.29 is 9.59 Å². The number of carbonyl (C=O) groups is 2. The SMILES string of the molecule is CC(=O)NCCNC(=O)c1ccc(N)nn1. The zero-order valence-electron chi connectivity index (χ0n) is 8.86. The van der Waals surface area contributed by atoms with E-state index >= 15 is 0 Å². The molecule has 86 valence electrons. The van der Waals surface area contributed by atoms with E-state index in [0.29, 0.717) is 13.1 Å². The van der Waals surface area contributed by atoms with Crippen LogP contribution in [-0.4, -0.2) is 35.1 Å². The number of rotatable bonds is 4. The van der Waals surface area contributed by atoms with Crippen LogP contribution in [0.1, 0.15) is 17.4 Å². The average molecular weight is 223 g/mol. The molecule has 1 rings (SSSR count). The first kappa shape index (κ1) is 11.9. The van der Waals surface area contributed by atoms with Crippen molar-refractivity contribution in [3.63, 3.8) is 0 Å². The van der Waals surface area contributed by atoms with Gasteiger partial charge in [-0.2, -0.15) is 0 Å². The molecule has 1 aromatic heterocycles. The third-order valence-corrected chi connectivity index (χ3v) is 1.70. The molecule has 1 heterocycles. The van der Waals surface area contributed by atoms with Crippen molar-refractivity contribution in [1.82, 2.24) is 20.8 Å². The summed E-state index contributed by atoms with van der Waals surface area (Å²) in [5, 5.41) is 12.3. The van der Waals surface area contributed by atoms with Crippen molar-refractivity contribution >= 4 is 17.6 Å². The van der Waals surface area contributed by atoms with Crippen LogP contribution in [-0.2, 0) is 4.79 Å². The van der Waals surface area contributed by atoms with Crippen LogP contribution < -0.4 is 16.4 Å². The summed E-state index contributed by atoms with van der Waals surface area (Å²) in [6, 6.07) is 2.98. The van der Waals surface area contributed by atoms with Gasteiger partial charge in [-0.15, -0.1) is 10.2 Å². The summed E-state index contributed by atoms with van der Waals surface area (Å²) in [6.07, 6.45) is 0. The maximum Gasteiger partial charge on any atom is 0.271 e. The van der Waals surface area contributed by atoms with Crippen molar-refractivity contribution in [2.75, 3.05) is 18.8 Å². The van der Waals surface area contributed by atoms with Crippen LogP contribution in [0.15, 0.2) is 12.1 Å². The van der Waals surface area contributed by atoms with Crippen LogP contribution in [0.4, 0.5) is 5.82 Å². The molecule has 0 saturated heterocycles. The summed E-state index contributed by atoms with van der Waals surface area (Å²) in [4.78, 5) is 22.0. The van der Waals surface area contributed by atoms with Crippen molar-refractivity contribution in [1.29, 1.82) is 0 Å². The number of aromatic nitrogens is 2. The summed E-state index contributed by atoms with van der Waals surface area (Å²) in [7, 11) is 0. The van der Waals surface area contributed by atoms with Crippen molar-refractivity contribution in [2.24, 2.45) is 0 Å². The maximum atomic E-state index is 11.4. The molecule has 0 aliphatic heterocycles. The molecular formula is C9H13N5O2. The summed E-state index contributed by atoms with van der Waals surface area (Å²) >= 11 is 0. The molecule has 0 atom stereocenters. The molecule has 0 unspecified atom stereocenters. The van der Waals surface area contributed by atoms with Gasteiger partial charge in [0.15, 0.2) is 5.69 Å². The quantitative estimate of drug-likeness (QED) is 0.563. The zero-order valence-corrected chi connectivity index (χ0v) is 8.86. The van der Waals surface area contributed by atoms with Crippen LogP contribution in [0.5, 0.6) is 0 Å². The second-order valence-corrected chi connectivity index (χ2v) is 3.08. The average Bonchev–Trinajstić information content (AvgIpc) is 2.25. The fourth-order valence-corrected chi connectivity index (χ4v) is 0.969. The number of nitrogens with zero attached hydrogens (tertiary/aromatic N) is 2. The minimum atomic E-state index is -0.349. The molecule has 0 bridgehead atoms. The number of anilines is 1. The summed E-state index contributed by atoms with van der Waals surface area (Å²) in [5.41, 5.74) is 5.52. The Hall–Kier alpha value is -2.18. The molecule has 4 N–H and O–H groups in total. The van der Waals surface area contributed by atoms with Crippen molar-refractivity contribution in [3.8, 4) is 0 Å². The monoisotopic (exact) mass is 223 g/mol. The van der Waals surface area contributed by atoms with Gasteiger partial charge in [-0.25, -0.2) is 0 Å². The lowest BCUT2D eigenvalue weighted by Gasteiger charge is -2.04. The highest BCUT2D eigenvalue weighted by Gasteiger charge is 2.06. The maximum absolute atomic E-state index is 11.4. The standard InChI is InChI=1S/C9H13N5O2/c1-6(15)11-4-5-12-9(16)7-2-3-8(10)14-13-7/h2-3H,4-5H2,1H3,(H2,10,14)(H,11,15)(H,12,16). The lowest BCUT2D eigenvalue weighted by Crippen LogP contribution is -2.34. The lowest BCUT2D eigenvalue weighted by atomic mass is 10.3. The molecular weight excluding hydrogens is 210 g/mol. The molecule has 0 aliphatic carbocycles. The smallest absolute Gasteiger partial charge is 0.271 e. The Bertz CT molecular complexity index is 376. The topological polar surface area (TPSA) is 110 Å². The third-order valence-electron chi connectivity index (χ3n) is 1.70. The number of amides is 2. The van der Waals surface area contributed by atoms with Crippen molar-refractivity contribution in [3.05, 3.63) is 17.8 Å². The number of hydrogen-bond donors (Lipinski definition) is 3.